The Morgan fingerprint density at radius 1 is 1.41 bits per heavy atom. The van der Waals surface area contributed by atoms with Crippen molar-refractivity contribution in [2.75, 3.05) is 18.0 Å². The summed E-state index contributed by atoms with van der Waals surface area (Å²) < 4.78 is 25.8. The summed E-state index contributed by atoms with van der Waals surface area (Å²) in [6.07, 6.45) is -1.04. The van der Waals surface area contributed by atoms with Gasteiger partial charge in [0, 0.05) is 19.1 Å². The van der Waals surface area contributed by atoms with Gasteiger partial charge in [-0.1, -0.05) is 0 Å². The molecule has 2 heterocycles. The number of aryl methyl sites for hydroxylation is 1. The first-order chi connectivity index (χ1) is 10.3. The standard InChI is InChI=1S/C15H22F2N4O/c1-10-6-7-12(20-19-10)21-8-4-5-11(9-21)18-14(22)15(2,3)13(16)17/h6-7,11,13H,4-5,8-9H2,1-3H3,(H,18,22). The molecule has 0 radical (unpaired) electrons. The Bertz CT molecular complexity index is 519. The molecule has 2 rings (SSSR count). The summed E-state index contributed by atoms with van der Waals surface area (Å²) in [7, 11) is 0. The number of anilines is 1. The molecular formula is C15H22F2N4O. The zero-order valence-corrected chi connectivity index (χ0v) is 13.1. The Labute approximate surface area is 129 Å². The summed E-state index contributed by atoms with van der Waals surface area (Å²) in [5.74, 6) is 0.141. The molecule has 0 saturated carbocycles. The second-order valence-corrected chi connectivity index (χ2v) is 6.31. The number of hydrogen-bond donors (Lipinski definition) is 1. The number of carbonyl (C=O) groups is 1. The number of hydrogen-bond acceptors (Lipinski definition) is 4. The van der Waals surface area contributed by atoms with Crippen LogP contribution < -0.4 is 10.2 Å². The lowest BCUT2D eigenvalue weighted by atomic mass is 9.92. The van der Waals surface area contributed by atoms with Crippen LogP contribution in [0.15, 0.2) is 12.1 Å². The van der Waals surface area contributed by atoms with E-state index in [-0.39, 0.29) is 6.04 Å². The van der Waals surface area contributed by atoms with Crippen LogP contribution >= 0.6 is 0 Å². The summed E-state index contributed by atoms with van der Waals surface area (Å²) in [6.45, 7) is 5.77. The first kappa shape index (κ1) is 16.6. The van der Waals surface area contributed by atoms with Crippen LogP contribution in [0.5, 0.6) is 0 Å². The van der Waals surface area contributed by atoms with E-state index < -0.39 is 17.7 Å². The van der Waals surface area contributed by atoms with Gasteiger partial charge < -0.3 is 10.2 Å². The molecule has 0 spiro atoms. The van der Waals surface area contributed by atoms with Gasteiger partial charge in [-0.2, -0.15) is 5.10 Å². The minimum Gasteiger partial charge on any atom is -0.353 e. The van der Waals surface area contributed by atoms with Crippen molar-refractivity contribution in [2.24, 2.45) is 5.41 Å². The largest absolute Gasteiger partial charge is 0.353 e. The summed E-state index contributed by atoms with van der Waals surface area (Å²) in [4.78, 5) is 14.0. The predicted octanol–water partition coefficient (Wildman–Crippen LogP) is 2.16. The first-order valence-corrected chi connectivity index (χ1v) is 7.45. The fourth-order valence-corrected chi connectivity index (χ4v) is 2.33. The topological polar surface area (TPSA) is 58.1 Å². The van der Waals surface area contributed by atoms with Crippen LogP contribution in [0.3, 0.4) is 0 Å². The van der Waals surface area contributed by atoms with Crippen molar-refractivity contribution in [3.63, 3.8) is 0 Å². The minimum atomic E-state index is -2.69. The predicted molar refractivity (Wildman–Crippen MR) is 79.9 cm³/mol. The fourth-order valence-electron chi connectivity index (χ4n) is 2.33. The van der Waals surface area contributed by atoms with Crippen LogP contribution in [0.4, 0.5) is 14.6 Å². The van der Waals surface area contributed by atoms with Crippen LogP contribution in [0.1, 0.15) is 32.4 Å². The van der Waals surface area contributed by atoms with E-state index in [2.05, 4.69) is 15.5 Å². The Morgan fingerprint density at radius 3 is 2.73 bits per heavy atom. The Kier molecular flexibility index (Phi) is 4.93. The normalized spacial score (nSPS) is 19.4. The van der Waals surface area contributed by atoms with Crippen molar-refractivity contribution in [3.8, 4) is 0 Å². The van der Waals surface area contributed by atoms with Crippen LogP contribution in [0.25, 0.3) is 0 Å². The van der Waals surface area contributed by atoms with E-state index in [1.54, 1.807) is 0 Å². The molecule has 1 aromatic heterocycles. The maximum absolute atomic E-state index is 12.9. The molecule has 1 aliphatic rings. The fraction of sp³-hybridized carbons (Fsp3) is 0.667. The number of aromatic nitrogens is 2. The van der Waals surface area contributed by atoms with Gasteiger partial charge in [0.2, 0.25) is 5.91 Å². The third kappa shape index (κ3) is 3.69. The lowest BCUT2D eigenvalue weighted by Crippen LogP contribution is -2.52. The molecule has 0 aliphatic carbocycles. The van der Waals surface area contributed by atoms with Gasteiger partial charge in [0.15, 0.2) is 5.82 Å². The summed E-state index contributed by atoms with van der Waals surface area (Å²) >= 11 is 0. The maximum Gasteiger partial charge on any atom is 0.252 e. The molecule has 1 atom stereocenters. The van der Waals surface area contributed by atoms with Crippen molar-refractivity contribution in [1.82, 2.24) is 15.5 Å². The lowest BCUT2D eigenvalue weighted by molar-refractivity contribution is -0.138. The Morgan fingerprint density at radius 2 is 2.14 bits per heavy atom. The van der Waals surface area contributed by atoms with Gasteiger partial charge >= 0.3 is 0 Å². The van der Waals surface area contributed by atoms with Crippen LogP contribution in [0, 0.1) is 12.3 Å². The van der Waals surface area contributed by atoms with Crippen molar-refractivity contribution in [1.29, 1.82) is 0 Å². The number of alkyl halides is 2. The van der Waals surface area contributed by atoms with Crippen LogP contribution in [-0.4, -0.2) is 41.7 Å². The monoisotopic (exact) mass is 312 g/mol. The van der Waals surface area contributed by atoms with Crippen LogP contribution in [0.2, 0.25) is 0 Å². The summed E-state index contributed by atoms with van der Waals surface area (Å²) in [6, 6.07) is 3.61. The third-order valence-corrected chi connectivity index (χ3v) is 4.00. The molecule has 1 amide bonds. The smallest absolute Gasteiger partial charge is 0.252 e. The molecule has 1 fully saturated rings. The minimum absolute atomic E-state index is 0.151. The zero-order valence-electron chi connectivity index (χ0n) is 13.1. The van der Waals surface area contributed by atoms with Crippen molar-refractivity contribution in [2.45, 2.75) is 46.1 Å². The first-order valence-electron chi connectivity index (χ1n) is 7.45. The average molecular weight is 312 g/mol. The molecule has 1 saturated heterocycles. The summed E-state index contributed by atoms with van der Waals surface area (Å²) in [5.41, 5.74) is -0.837. The van der Waals surface area contributed by atoms with Gasteiger partial charge in [0.25, 0.3) is 6.43 Å². The molecular weight excluding hydrogens is 290 g/mol. The molecule has 1 unspecified atom stereocenters. The maximum atomic E-state index is 12.9. The molecule has 122 valence electrons. The van der Waals surface area contributed by atoms with E-state index >= 15 is 0 Å². The molecule has 1 aliphatic heterocycles. The van der Waals surface area contributed by atoms with Gasteiger partial charge in [0.05, 0.1) is 5.69 Å². The molecule has 1 aromatic rings. The van der Waals surface area contributed by atoms with Gasteiger partial charge in [-0.15, -0.1) is 5.10 Å². The third-order valence-electron chi connectivity index (χ3n) is 4.00. The quantitative estimate of drug-likeness (QED) is 0.925. The van der Waals surface area contributed by atoms with Crippen molar-refractivity contribution < 1.29 is 13.6 Å². The second-order valence-electron chi connectivity index (χ2n) is 6.31. The van der Waals surface area contributed by atoms with Gasteiger partial charge in [-0.3, -0.25) is 4.79 Å². The highest BCUT2D eigenvalue weighted by Gasteiger charge is 2.39. The number of piperidine rings is 1. The lowest BCUT2D eigenvalue weighted by Gasteiger charge is -2.35. The number of amides is 1. The highest BCUT2D eigenvalue weighted by atomic mass is 19.3. The number of halogens is 2. The number of rotatable bonds is 4. The van der Waals surface area contributed by atoms with Gasteiger partial charge in [-0.05, 0) is 45.7 Å². The molecule has 1 N–H and O–H groups in total. The van der Waals surface area contributed by atoms with Crippen molar-refractivity contribution >= 4 is 11.7 Å². The molecule has 0 aromatic carbocycles. The molecule has 5 nitrogen and oxygen atoms in total. The molecule has 7 heteroatoms. The Hall–Kier alpha value is -1.79. The zero-order chi connectivity index (χ0) is 16.3. The van der Waals surface area contributed by atoms with E-state index in [9.17, 15) is 13.6 Å². The average Bonchev–Trinajstić information content (AvgIpc) is 2.48. The van der Waals surface area contributed by atoms with Crippen molar-refractivity contribution in [3.05, 3.63) is 17.8 Å². The van der Waals surface area contributed by atoms with Gasteiger partial charge in [-0.25, -0.2) is 8.78 Å². The Balaban J connectivity index is 1.99. The number of carbonyl (C=O) groups excluding carboxylic acids is 1. The van der Waals surface area contributed by atoms with Gasteiger partial charge in [0.1, 0.15) is 5.41 Å². The highest BCUT2D eigenvalue weighted by Crippen LogP contribution is 2.26. The number of nitrogens with one attached hydrogen (secondary N) is 1. The number of nitrogens with zero attached hydrogens (tertiary/aromatic N) is 3. The van der Waals surface area contributed by atoms with E-state index in [0.717, 1.165) is 30.9 Å². The molecule has 22 heavy (non-hydrogen) atoms. The van der Waals surface area contributed by atoms with Crippen LogP contribution in [-0.2, 0) is 4.79 Å². The highest BCUT2D eigenvalue weighted by molar-refractivity contribution is 5.82. The van der Waals surface area contributed by atoms with E-state index in [0.29, 0.717) is 6.54 Å². The summed E-state index contributed by atoms with van der Waals surface area (Å²) in [5, 5.41) is 10.9. The SMILES string of the molecule is Cc1ccc(N2CCCC(NC(=O)C(C)(C)C(F)F)C2)nn1. The molecule has 0 bridgehead atoms. The van der Waals surface area contributed by atoms with E-state index in [1.807, 2.05) is 24.0 Å². The van der Waals surface area contributed by atoms with E-state index in [1.165, 1.54) is 13.8 Å². The van der Waals surface area contributed by atoms with E-state index in [4.69, 9.17) is 0 Å². The second kappa shape index (κ2) is 6.54.